The van der Waals surface area contributed by atoms with Gasteiger partial charge in [0, 0.05) is 27.9 Å². The lowest BCUT2D eigenvalue weighted by atomic mass is 10.2. The summed E-state index contributed by atoms with van der Waals surface area (Å²) in [6.45, 7) is 6.97. The molecule has 3 aliphatic rings. The van der Waals surface area contributed by atoms with Crippen LogP contribution < -0.4 is 0 Å². The van der Waals surface area contributed by atoms with Gasteiger partial charge >= 0.3 is 0 Å². The summed E-state index contributed by atoms with van der Waals surface area (Å²) in [6, 6.07) is 0. The maximum Gasteiger partial charge on any atom is 0.0868 e. The van der Waals surface area contributed by atoms with Crippen molar-refractivity contribution in [3.63, 3.8) is 0 Å². The summed E-state index contributed by atoms with van der Waals surface area (Å²) >= 11 is 4.21. The second-order valence-electron chi connectivity index (χ2n) is 4.64. The van der Waals surface area contributed by atoms with Crippen LogP contribution in [-0.4, -0.2) is 33.7 Å². The van der Waals surface area contributed by atoms with Crippen molar-refractivity contribution in [2.24, 2.45) is 0 Å². The van der Waals surface area contributed by atoms with E-state index in [2.05, 4.69) is 44.3 Å². The minimum atomic E-state index is 0.539. The Kier molecular flexibility index (Phi) is 2.87. The van der Waals surface area contributed by atoms with E-state index in [0.29, 0.717) is 4.75 Å². The van der Waals surface area contributed by atoms with Crippen molar-refractivity contribution in [2.75, 3.05) is 11.5 Å². The Labute approximate surface area is 89.4 Å². The van der Waals surface area contributed by atoms with Gasteiger partial charge in [0.05, 0.1) is 12.2 Å². The molecule has 3 atom stereocenters. The summed E-state index contributed by atoms with van der Waals surface area (Å²) < 4.78 is 5.34. The predicted octanol–water partition coefficient (Wildman–Crippen LogP) is 2.79. The van der Waals surface area contributed by atoms with E-state index in [1.807, 2.05) is 0 Å². The van der Waals surface area contributed by atoms with E-state index < -0.39 is 0 Å². The molecule has 3 heteroatoms. The van der Waals surface area contributed by atoms with Gasteiger partial charge in [0.25, 0.3) is 0 Å². The molecule has 0 aromatic carbocycles. The van der Waals surface area contributed by atoms with Crippen molar-refractivity contribution in [3.8, 4) is 0 Å². The van der Waals surface area contributed by atoms with Gasteiger partial charge in [0.1, 0.15) is 0 Å². The Morgan fingerprint density at radius 2 is 1.85 bits per heavy atom. The van der Waals surface area contributed by atoms with Gasteiger partial charge in [0.2, 0.25) is 0 Å². The fourth-order valence-electron chi connectivity index (χ4n) is 1.09. The first-order valence-corrected chi connectivity index (χ1v) is 7.01. The minimum Gasteiger partial charge on any atom is -0.369 e. The van der Waals surface area contributed by atoms with Crippen LogP contribution in [0.5, 0.6) is 0 Å². The maximum atomic E-state index is 4.81. The number of hydrogen-bond donors (Lipinski definition) is 0. The van der Waals surface area contributed by atoms with E-state index >= 15 is 0 Å². The van der Waals surface area contributed by atoms with Gasteiger partial charge in [-0.25, -0.2) is 0 Å². The molecule has 0 amide bonds. The molecule has 0 bridgehead atoms. The Hall–Kier alpha value is 0.660. The fourth-order valence-corrected chi connectivity index (χ4v) is 3.59. The topological polar surface area (TPSA) is 12.5 Å². The van der Waals surface area contributed by atoms with Crippen LogP contribution in [0.25, 0.3) is 0 Å². The minimum absolute atomic E-state index is 0.539. The SMILES string of the molecule is C1C2OC12.CC1CSC(C)(C)CS1. The molecular weight excluding hydrogens is 200 g/mol. The number of fused-ring (bicyclic) bond motifs is 1. The highest BCUT2D eigenvalue weighted by Crippen LogP contribution is 2.45. The van der Waals surface area contributed by atoms with Crippen LogP contribution in [0.2, 0.25) is 0 Å². The third-order valence-electron chi connectivity index (χ3n) is 2.37. The quantitative estimate of drug-likeness (QED) is 0.580. The molecule has 1 aliphatic carbocycles. The summed E-state index contributed by atoms with van der Waals surface area (Å²) in [5.41, 5.74) is 0. The molecule has 2 aliphatic heterocycles. The maximum absolute atomic E-state index is 4.81. The standard InChI is InChI=1S/C7H14S2.C3H4O/c1-6-4-9-7(2,3)5-8-6;1-2-3(1)4-2/h6H,4-5H2,1-3H3;2-3H,1H2. The van der Waals surface area contributed by atoms with E-state index in [1.54, 1.807) is 0 Å². The largest absolute Gasteiger partial charge is 0.369 e. The molecule has 3 unspecified atom stereocenters. The normalized spacial score (nSPS) is 44.1. The van der Waals surface area contributed by atoms with Crippen molar-refractivity contribution in [2.45, 2.75) is 49.4 Å². The highest BCUT2D eigenvalue weighted by Gasteiger charge is 2.56. The van der Waals surface area contributed by atoms with Gasteiger partial charge in [-0.3, -0.25) is 0 Å². The lowest BCUT2D eigenvalue weighted by Crippen LogP contribution is -2.27. The highest BCUT2D eigenvalue weighted by molar-refractivity contribution is 8.07. The predicted molar refractivity (Wildman–Crippen MR) is 61.7 cm³/mol. The molecule has 0 aromatic heterocycles. The number of hydrogen-bond acceptors (Lipinski definition) is 3. The van der Waals surface area contributed by atoms with Crippen LogP contribution in [-0.2, 0) is 4.74 Å². The molecule has 1 saturated carbocycles. The average Bonchev–Trinajstić information content (AvgIpc) is 2.82. The number of epoxide rings is 1. The van der Waals surface area contributed by atoms with Crippen LogP contribution in [0.4, 0.5) is 0 Å². The van der Waals surface area contributed by atoms with Gasteiger partial charge in [0.15, 0.2) is 0 Å². The van der Waals surface area contributed by atoms with E-state index in [1.165, 1.54) is 17.9 Å². The number of rotatable bonds is 0. The van der Waals surface area contributed by atoms with Crippen molar-refractivity contribution >= 4 is 23.5 Å². The lowest BCUT2D eigenvalue weighted by Gasteiger charge is -2.31. The van der Waals surface area contributed by atoms with Crippen molar-refractivity contribution < 1.29 is 4.74 Å². The zero-order valence-corrected chi connectivity index (χ0v) is 10.2. The third kappa shape index (κ3) is 3.37. The Morgan fingerprint density at radius 1 is 1.31 bits per heavy atom. The molecule has 1 nitrogen and oxygen atoms in total. The second kappa shape index (κ2) is 3.67. The van der Waals surface area contributed by atoms with E-state index in [9.17, 15) is 0 Å². The highest BCUT2D eigenvalue weighted by atomic mass is 32.2. The number of thioether (sulfide) groups is 2. The van der Waals surface area contributed by atoms with Gasteiger partial charge in [-0.2, -0.15) is 23.5 Å². The summed E-state index contributed by atoms with van der Waals surface area (Å²) in [7, 11) is 0. The lowest BCUT2D eigenvalue weighted by molar-refractivity contribution is 0.295. The van der Waals surface area contributed by atoms with Crippen LogP contribution >= 0.6 is 23.5 Å². The zero-order valence-electron chi connectivity index (χ0n) is 8.58. The van der Waals surface area contributed by atoms with Gasteiger partial charge in [-0.1, -0.05) is 6.92 Å². The summed E-state index contributed by atoms with van der Waals surface area (Å²) in [5.74, 6) is 2.65. The monoisotopic (exact) mass is 218 g/mol. The first kappa shape index (κ1) is 10.2. The van der Waals surface area contributed by atoms with Crippen molar-refractivity contribution in [1.29, 1.82) is 0 Å². The third-order valence-corrected chi connectivity index (χ3v) is 5.98. The molecule has 2 heterocycles. The summed E-state index contributed by atoms with van der Waals surface area (Å²) in [4.78, 5) is 0. The van der Waals surface area contributed by atoms with E-state index in [-0.39, 0.29) is 0 Å². The van der Waals surface area contributed by atoms with Crippen LogP contribution in [0.3, 0.4) is 0 Å². The fraction of sp³-hybridized carbons (Fsp3) is 1.00. The Balaban J connectivity index is 0.000000131. The van der Waals surface area contributed by atoms with Crippen LogP contribution in [0.1, 0.15) is 27.2 Å². The number of ether oxygens (including phenoxy) is 1. The Bertz CT molecular complexity index is 171. The Morgan fingerprint density at radius 3 is 2.08 bits per heavy atom. The molecule has 0 radical (unpaired) electrons. The molecule has 3 fully saturated rings. The molecule has 0 spiro atoms. The van der Waals surface area contributed by atoms with Gasteiger partial charge in [-0.15, -0.1) is 0 Å². The first-order valence-electron chi connectivity index (χ1n) is 4.98. The van der Waals surface area contributed by atoms with Crippen molar-refractivity contribution in [1.82, 2.24) is 0 Å². The molecule has 76 valence electrons. The summed E-state index contributed by atoms with van der Waals surface area (Å²) in [5, 5.41) is 0.878. The van der Waals surface area contributed by atoms with Crippen molar-refractivity contribution in [3.05, 3.63) is 0 Å². The zero-order chi connectivity index (χ0) is 9.47. The molecular formula is C10H18OS2. The second-order valence-corrected chi connectivity index (χ2v) is 7.79. The summed E-state index contributed by atoms with van der Waals surface area (Å²) in [6.07, 6.45) is 2.86. The van der Waals surface area contributed by atoms with E-state index in [0.717, 1.165) is 17.5 Å². The van der Waals surface area contributed by atoms with Crippen LogP contribution in [0.15, 0.2) is 0 Å². The first-order chi connectivity index (χ1) is 6.07. The molecule has 2 saturated heterocycles. The van der Waals surface area contributed by atoms with Gasteiger partial charge in [-0.05, 0) is 13.8 Å². The molecule has 0 aromatic rings. The molecule has 0 N–H and O–H groups in total. The molecule has 3 rings (SSSR count). The molecule has 13 heavy (non-hydrogen) atoms. The average molecular weight is 218 g/mol. The van der Waals surface area contributed by atoms with Crippen LogP contribution in [0, 0.1) is 0 Å². The van der Waals surface area contributed by atoms with E-state index in [4.69, 9.17) is 4.74 Å². The smallest absolute Gasteiger partial charge is 0.0868 e. The van der Waals surface area contributed by atoms with Gasteiger partial charge < -0.3 is 4.74 Å².